The van der Waals surface area contributed by atoms with E-state index in [0.717, 1.165) is 17.3 Å². The standard InChI is InChI=1S/C16H18N4/c1-11(2)16-17-8-6-15(19-16)18-13-5-4-12-7-9-20(3)14(12)10-13/h4-11H,1-3H3,(H,17,18,19). The van der Waals surface area contributed by atoms with Crippen LogP contribution in [0.1, 0.15) is 25.6 Å². The molecule has 0 aliphatic rings. The van der Waals surface area contributed by atoms with Crippen molar-refractivity contribution in [2.24, 2.45) is 7.05 Å². The second kappa shape index (κ2) is 4.96. The predicted octanol–water partition coefficient (Wildman–Crippen LogP) is 3.84. The van der Waals surface area contributed by atoms with E-state index in [2.05, 4.69) is 64.2 Å². The summed E-state index contributed by atoms with van der Waals surface area (Å²) in [7, 11) is 2.05. The number of aryl methyl sites for hydroxylation is 1. The summed E-state index contributed by atoms with van der Waals surface area (Å²) in [6.07, 6.45) is 3.86. The Kier molecular flexibility index (Phi) is 3.14. The molecular weight excluding hydrogens is 248 g/mol. The van der Waals surface area contributed by atoms with Crippen molar-refractivity contribution in [3.8, 4) is 0 Å². The molecule has 3 rings (SSSR count). The molecule has 0 spiro atoms. The molecule has 0 fully saturated rings. The normalized spacial score (nSPS) is 11.2. The van der Waals surface area contributed by atoms with Crippen LogP contribution in [0.4, 0.5) is 11.5 Å². The fourth-order valence-corrected chi connectivity index (χ4v) is 2.21. The van der Waals surface area contributed by atoms with Crippen molar-refractivity contribution in [2.75, 3.05) is 5.32 Å². The number of hydrogen-bond donors (Lipinski definition) is 1. The van der Waals surface area contributed by atoms with Gasteiger partial charge in [-0.3, -0.25) is 0 Å². The highest BCUT2D eigenvalue weighted by atomic mass is 15.0. The van der Waals surface area contributed by atoms with Gasteiger partial charge in [0.2, 0.25) is 0 Å². The summed E-state index contributed by atoms with van der Waals surface area (Å²) < 4.78 is 2.11. The largest absolute Gasteiger partial charge is 0.350 e. The Hall–Kier alpha value is -2.36. The van der Waals surface area contributed by atoms with Gasteiger partial charge in [0.1, 0.15) is 11.6 Å². The number of nitrogens with zero attached hydrogens (tertiary/aromatic N) is 3. The summed E-state index contributed by atoms with van der Waals surface area (Å²) in [5, 5.41) is 4.58. The molecule has 20 heavy (non-hydrogen) atoms. The Balaban J connectivity index is 1.92. The van der Waals surface area contributed by atoms with Crippen molar-refractivity contribution in [3.05, 3.63) is 48.5 Å². The lowest BCUT2D eigenvalue weighted by atomic mass is 10.2. The molecule has 102 valence electrons. The number of benzene rings is 1. The maximum absolute atomic E-state index is 4.53. The van der Waals surface area contributed by atoms with Crippen molar-refractivity contribution >= 4 is 22.4 Å². The first-order chi connectivity index (χ1) is 9.63. The van der Waals surface area contributed by atoms with E-state index in [-0.39, 0.29) is 0 Å². The van der Waals surface area contributed by atoms with Crippen LogP contribution >= 0.6 is 0 Å². The maximum Gasteiger partial charge on any atom is 0.134 e. The third-order valence-corrected chi connectivity index (χ3v) is 3.35. The zero-order valence-corrected chi connectivity index (χ0v) is 12.0. The van der Waals surface area contributed by atoms with Gasteiger partial charge in [0.15, 0.2) is 0 Å². The summed E-state index contributed by atoms with van der Waals surface area (Å²) in [5.41, 5.74) is 2.24. The van der Waals surface area contributed by atoms with Crippen LogP contribution in [-0.2, 0) is 7.05 Å². The van der Waals surface area contributed by atoms with Gasteiger partial charge in [-0.25, -0.2) is 9.97 Å². The van der Waals surface area contributed by atoms with Crippen LogP contribution in [-0.4, -0.2) is 14.5 Å². The third kappa shape index (κ3) is 2.37. The van der Waals surface area contributed by atoms with Crippen LogP contribution in [0.5, 0.6) is 0 Å². The molecule has 0 bridgehead atoms. The molecule has 2 aromatic heterocycles. The van der Waals surface area contributed by atoms with Crippen LogP contribution in [0.15, 0.2) is 42.7 Å². The van der Waals surface area contributed by atoms with Crippen molar-refractivity contribution in [1.29, 1.82) is 0 Å². The maximum atomic E-state index is 4.53. The summed E-state index contributed by atoms with van der Waals surface area (Å²) in [4.78, 5) is 8.81. The molecular formula is C16H18N4. The van der Waals surface area contributed by atoms with Gasteiger partial charge >= 0.3 is 0 Å². The van der Waals surface area contributed by atoms with E-state index in [1.807, 2.05) is 13.1 Å². The summed E-state index contributed by atoms with van der Waals surface area (Å²) in [5.74, 6) is 2.01. The molecule has 3 aromatic rings. The average molecular weight is 266 g/mol. The molecule has 0 unspecified atom stereocenters. The quantitative estimate of drug-likeness (QED) is 0.783. The minimum atomic E-state index is 0.326. The minimum absolute atomic E-state index is 0.326. The van der Waals surface area contributed by atoms with E-state index in [9.17, 15) is 0 Å². The van der Waals surface area contributed by atoms with Crippen molar-refractivity contribution in [1.82, 2.24) is 14.5 Å². The zero-order chi connectivity index (χ0) is 14.1. The molecule has 0 atom stereocenters. The lowest BCUT2D eigenvalue weighted by Crippen LogP contribution is -2.01. The number of nitrogens with one attached hydrogen (secondary N) is 1. The monoisotopic (exact) mass is 266 g/mol. The molecule has 2 heterocycles. The van der Waals surface area contributed by atoms with Gasteiger partial charge in [-0.05, 0) is 29.7 Å². The van der Waals surface area contributed by atoms with Crippen molar-refractivity contribution in [2.45, 2.75) is 19.8 Å². The molecule has 0 saturated heterocycles. The molecule has 4 heteroatoms. The second-order valence-electron chi connectivity index (χ2n) is 5.28. The van der Waals surface area contributed by atoms with Gasteiger partial charge in [-0.2, -0.15) is 0 Å². The molecule has 1 N–H and O–H groups in total. The highest BCUT2D eigenvalue weighted by Gasteiger charge is 2.05. The van der Waals surface area contributed by atoms with Gasteiger partial charge in [-0.15, -0.1) is 0 Å². The van der Waals surface area contributed by atoms with Crippen LogP contribution in [0, 0.1) is 0 Å². The Morgan fingerprint density at radius 2 is 2.00 bits per heavy atom. The Morgan fingerprint density at radius 3 is 2.80 bits per heavy atom. The summed E-state index contributed by atoms with van der Waals surface area (Å²) in [6.45, 7) is 4.18. The summed E-state index contributed by atoms with van der Waals surface area (Å²) in [6, 6.07) is 10.3. The third-order valence-electron chi connectivity index (χ3n) is 3.35. The fourth-order valence-electron chi connectivity index (χ4n) is 2.21. The molecule has 0 saturated carbocycles. The first-order valence-corrected chi connectivity index (χ1v) is 6.78. The molecule has 0 amide bonds. The van der Waals surface area contributed by atoms with E-state index in [1.54, 1.807) is 6.20 Å². The number of rotatable bonds is 3. The van der Waals surface area contributed by atoms with Crippen LogP contribution < -0.4 is 5.32 Å². The Morgan fingerprint density at radius 1 is 1.15 bits per heavy atom. The fraction of sp³-hybridized carbons (Fsp3) is 0.250. The lowest BCUT2D eigenvalue weighted by molar-refractivity contribution is 0.776. The second-order valence-corrected chi connectivity index (χ2v) is 5.28. The smallest absolute Gasteiger partial charge is 0.134 e. The predicted molar refractivity (Wildman–Crippen MR) is 82.3 cm³/mol. The van der Waals surface area contributed by atoms with Crippen molar-refractivity contribution in [3.63, 3.8) is 0 Å². The number of anilines is 2. The topological polar surface area (TPSA) is 42.7 Å². The van der Waals surface area contributed by atoms with E-state index < -0.39 is 0 Å². The van der Waals surface area contributed by atoms with Gasteiger partial charge in [0, 0.05) is 36.6 Å². The van der Waals surface area contributed by atoms with Crippen LogP contribution in [0.2, 0.25) is 0 Å². The Bertz CT molecular complexity index is 743. The van der Waals surface area contributed by atoms with Gasteiger partial charge in [0.05, 0.1) is 0 Å². The van der Waals surface area contributed by atoms with Gasteiger partial charge in [0.25, 0.3) is 0 Å². The molecule has 0 aliphatic carbocycles. The Labute approximate surface area is 118 Å². The van der Waals surface area contributed by atoms with Crippen LogP contribution in [0.25, 0.3) is 10.9 Å². The summed E-state index contributed by atoms with van der Waals surface area (Å²) >= 11 is 0. The zero-order valence-electron chi connectivity index (χ0n) is 12.0. The average Bonchev–Trinajstić information content (AvgIpc) is 2.81. The van der Waals surface area contributed by atoms with Crippen molar-refractivity contribution < 1.29 is 0 Å². The van der Waals surface area contributed by atoms with E-state index in [0.29, 0.717) is 5.92 Å². The minimum Gasteiger partial charge on any atom is -0.350 e. The van der Waals surface area contributed by atoms with Gasteiger partial charge in [-0.1, -0.05) is 19.9 Å². The van der Waals surface area contributed by atoms with Gasteiger partial charge < -0.3 is 9.88 Å². The molecule has 0 radical (unpaired) electrons. The highest BCUT2D eigenvalue weighted by molar-refractivity contribution is 5.84. The first kappa shape index (κ1) is 12.7. The van der Waals surface area contributed by atoms with E-state index in [1.165, 1.54) is 10.9 Å². The SMILES string of the molecule is CC(C)c1nccc(Nc2ccc3ccn(C)c3c2)n1. The number of fused-ring (bicyclic) bond motifs is 1. The van der Waals surface area contributed by atoms with Crippen LogP contribution in [0.3, 0.4) is 0 Å². The first-order valence-electron chi connectivity index (χ1n) is 6.78. The molecule has 1 aromatic carbocycles. The molecule has 4 nitrogen and oxygen atoms in total. The highest BCUT2D eigenvalue weighted by Crippen LogP contribution is 2.22. The lowest BCUT2D eigenvalue weighted by Gasteiger charge is -2.09. The number of aromatic nitrogens is 3. The number of hydrogen-bond acceptors (Lipinski definition) is 3. The van der Waals surface area contributed by atoms with E-state index >= 15 is 0 Å². The van der Waals surface area contributed by atoms with E-state index in [4.69, 9.17) is 0 Å². The molecule has 0 aliphatic heterocycles.